The maximum Gasteiger partial charge on any atom is 0.223 e. The van der Waals surface area contributed by atoms with Crippen LogP contribution in [0.4, 0.5) is 11.4 Å². The van der Waals surface area contributed by atoms with E-state index in [1.807, 2.05) is 18.2 Å². The predicted molar refractivity (Wildman–Crippen MR) is 80.1 cm³/mol. The zero-order chi connectivity index (χ0) is 14.8. The van der Waals surface area contributed by atoms with Crippen molar-refractivity contribution in [2.75, 3.05) is 16.8 Å². The summed E-state index contributed by atoms with van der Waals surface area (Å²) in [7, 11) is 0. The highest BCUT2D eigenvalue weighted by molar-refractivity contribution is 5.94. The molecule has 0 bridgehead atoms. The van der Waals surface area contributed by atoms with E-state index in [1.165, 1.54) is 5.56 Å². The first-order chi connectivity index (χ1) is 10.2. The maximum atomic E-state index is 11.5. The lowest BCUT2D eigenvalue weighted by atomic mass is 10.1. The minimum absolute atomic E-state index is 0.0836. The SMILES string of the molecule is CC(=O)N1CCc2cc(NCc3ccc(CO)o3)ccc21. The molecule has 1 aliphatic rings. The number of anilines is 2. The molecule has 2 heterocycles. The van der Waals surface area contributed by atoms with E-state index in [0.29, 0.717) is 12.3 Å². The van der Waals surface area contributed by atoms with Gasteiger partial charge in [0.1, 0.15) is 18.1 Å². The summed E-state index contributed by atoms with van der Waals surface area (Å²) in [5.74, 6) is 1.43. The molecule has 5 heteroatoms. The van der Waals surface area contributed by atoms with Gasteiger partial charge in [-0.25, -0.2) is 0 Å². The molecule has 1 aromatic carbocycles. The number of aliphatic hydroxyl groups is 1. The summed E-state index contributed by atoms with van der Waals surface area (Å²) in [4.78, 5) is 13.3. The largest absolute Gasteiger partial charge is 0.462 e. The van der Waals surface area contributed by atoms with E-state index >= 15 is 0 Å². The predicted octanol–water partition coefficient (Wildman–Crippen LogP) is 2.29. The van der Waals surface area contributed by atoms with Crippen LogP contribution in [0.1, 0.15) is 24.0 Å². The molecule has 5 nitrogen and oxygen atoms in total. The highest BCUT2D eigenvalue weighted by Crippen LogP contribution is 2.30. The Labute approximate surface area is 123 Å². The Bertz CT molecular complexity index is 663. The average Bonchev–Trinajstić information content (AvgIpc) is 3.11. The van der Waals surface area contributed by atoms with E-state index in [-0.39, 0.29) is 12.5 Å². The molecular formula is C16H18N2O3. The van der Waals surface area contributed by atoms with Crippen molar-refractivity contribution in [1.29, 1.82) is 0 Å². The molecule has 2 N–H and O–H groups in total. The van der Waals surface area contributed by atoms with Crippen molar-refractivity contribution >= 4 is 17.3 Å². The fraction of sp³-hybridized carbons (Fsp3) is 0.312. The molecule has 1 aliphatic heterocycles. The van der Waals surface area contributed by atoms with Crippen LogP contribution in [0.15, 0.2) is 34.7 Å². The van der Waals surface area contributed by atoms with Crippen LogP contribution in [0.2, 0.25) is 0 Å². The van der Waals surface area contributed by atoms with Gasteiger partial charge in [-0.3, -0.25) is 4.79 Å². The highest BCUT2D eigenvalue weighted by Gasteiger charge is 2.21. The number of hydrogen-bond donors (Lipinski definition) is 2. The van der Waals surface area contributed by atoms with Gasteiger partial charge in [0.05, 0.1) is 6.54 Å². The van der Waals surface area contributed by atoms with Crippen LogP contribution in [0.5, 0.6) is 0 Å². The van der Waals surface area contributed by atoms with Gasteiger partial charge in [-0.2, -0.15) is 0 Å². The van der Waals surface area contributed by atoms with Crippen molar-refractivity contribution in [3.8, 4) is 0 Å². The van der Waals surface area contributed by atoms with E-state index in [9.17, 15) is 4.79 Å². The molecule has 0 radical (unpaired) electrons. The topological polar surface area (TPSA) is 65.7 Å². The lowest BCUT2D eigenvalue weighted by molar-refractivity contribution is -0.116. The van der Waals surface area contributed by atoms with Crippen LogP contribution in [-0.4, -0.2) is 17.6 Å². The van der Waals surface area contributed by atoms with Crippen molar-refractivity contribution in [3.63, 3.8) is 0 Å². The second-order valence-corrected chi connectivity index (χ2v) is 5.14. The number of fused-ring (bicyclic) bond motifs is 1. The highest BCUT2D eigenvalue weighted by atomic mass is 16.4. The monoisotopic (exact) mass is 286 g/mol. The van der Waals surface area contributed by atoms with Crippen molar-refractivity contribution in [1.82, 2.24) is 0 Å². The van der Waals surface area contributed by atoms with E-state index < -0.39 is 0 Å². The summed E-state index contributed by atoms with van der Waals surface area (Å²) in [5.41, 5.74) is 3.19. The van der Waals surface area contributed by atoms with Gasteiger partial charge >= 0.3 is 0 Å². The average molecular weight is 286 g/mol. The fourth-order valence-electron chi connectivity index (χ4n) is 2.63. The molecule has 1 amide bonds. The molecule has 0 unspecified atom stereocenters. The minimum Gasteiger partial charge on any atom is -0.462 e. The van der Waals surface area contributed by atoms with Crippen LogP contribution in [0.25, 0.3) is 0 Å². The summed E-state index contributed by atoms with van der Waals surface area (Å²) in [5, 5.41) is 12.3. The van der Waals surface area contributed by atoms with Crippen molar-refractivity contribution < 1.29 is 14.3 Å². The lowest BCUT2D eigenvalue weighted by Crippen LogP contribution is -2.25. The number of furan rings is 1. The number of rotatable bonds is 4. The molecule has 1 aromatic heterocycles. The molecule has 3 rings (SSSR count). The minimum atomic E-state index is -0.0836. The van der Waals surface area contributed by atoms with Crippen LogP contribution in [-0.2, 0) is 24.4 Å². The molecule has 0 spiro atoms. The Balaban J connectivity index is 1.69. The Morgan fingerprint density at radius 3 is 2.86 bits per heavy atom. The quantitative estimate of drug-likeness (QED) is 0.905. The normalized spacial score (nSPS) is 13.3. The van der Waals surface area contributed by atoms with Crippen molar-refractivity contribution in [3.05, 3.63) is 47.4 Å². The smallest absolute Gasteiger partial charge is 0.223 e. The second-order valence-electron chi connectivity index (χ2n) is 5.14. The van der Waals surface area contributed by atoms with E-state index in [4.69, 9.17) is 9.52 Å². The molecule has 0 atom stereocenters. The lowest BCUT2D eigenvalue weighted by Gasteiger charge is -2.15. The van der Waals surface area contributed by atoms with Crippen LogP contribution in [0.3, 0.4) is 0 Å². The molecule has 0 fully saturated rings. The first kappa shape index (κ1) is 13.7. The number of hydrogen-bond acceptors (Lipinski definition) is 4. The Kier molecular flexibility index (Phi) is 3.66. The standard InChI is InChI=1S/C16H18N2O3/c1-11(20)18-7-6-12-8-13(2-5-16(12)18)17-9-14-3-4-15(10-19)21-14/h2-5,8,17,19H,6-7,9-10H2,1H3. The number of amides is 1. The van der Waals surface area contributed by atoms with E-state index in [1.54, 1.807) is 17.9 Å². The van der Waals surface area contributed by atoms with Gasteiger partial charge in [0, 0.05) is 24.8 Å². The van der Waals surface area contributed by atoms with Gasteiger partial charge in [0.15, 0.2) is 0 Å². The van der Waals surface area contributed by atoms with Gasteiger partial charge in [0.25, 0.3) is 0 Å². The summed E-state index contributed by atoms with van der Waals surface area (Å²) in [6.45, 7) is 2.83. The van der Waals surface area contributed by atoms with Gasteiger partial charge < -0.3 is 19.7 Å². The van der Waals surface area contributed by atoms with Gasteiger partial charge in [-0.15, -0.1) is 0 Å². The van der Waals surface area contributed by atoms with E-state index in [2.05, 4.69) is 11.4 Å². The Morgan fingerprint density at radius 2 is 2.14 bits per heavy atom. The first-order valence-corrected chi connectivity index (χ1v) is 7.00. The number of benzene rings is 1. The van der Waals surface area contributed by atoms with Crippen molar-refractivity contribution in [2.45, 2.75) is 26.5 Å². The maximum absolute atomic E-state index is 11.5. The molecule has 2 aromatic rings. The third-order valence-corrected chi connectivity index (χ3v) is 3.70. The summed E-state index contributed by atoms with van der Waals surface area (Å²) in [6, 6.07) is 9.64. The summed E-state index contributed by atoms with van der Waals surface area (Å²) in [6.07, 6.45) is 0.889. The zero-order valence-corrected chi connectivity index (χ0v) is 11.9. The Hall–Kier alpha value is -2.27. The second kappa shape index (κ2) is 5.61. The van der Waals surface area contributed by atoms with Crippen LogP contribution >= 0.6 is 0 Å². The molecule has 0 aliphatic carbocycles. The molecule has 110 valence electrons. The molecule has 0 saturated heterocycles. The van der Waals surface area contributed by atoms with Gasteiger partial charge in [-0.05, 0) is 42.3 Å². The van der Waals surface area contributed by atoms with Crippen LogP contribution in [0, 0.1) is 0 Å². The molecule has 21 heavy (non-hydrogen) atoms. The summed E-state index contributed by atoms with van der Waals surface area (Å²) >= 11 is 0. The number of carbonyl (C=O) groups excluding carboxylic acids is 1. The number of nitrogens with zero attached hydrogens (tertiary/aromatic N) is 1. The number of carbonyl (C=O) groups is 1. The van der Waals surface area contributed by atoms with E-state index in [0.717, 1.165) is 30.1 Å². The third kappa shape index (κ3) is 2.78. The van der Waals surface area contributed by atoms with Gasteiger partial charge in [-0.1, -0.05) is 0 Å². The number of nitrogens with one attached hydrogen (secondary N) is 1. The fourth-order valence-corrected chi connectivity index (χ4v) is 2.63. The van der Waals surface area contributed by atoms with Crippen molar-refractivity contribution in [2.24, 2.45) is 0 Å². The molecular weight excluding hydrogens is 268 g/mol. The Morgan fingerprint density at radius 1 is 1.33 bits per heavy atom. The first-order valence-electron chi connectivity index (χ1n) is 7.00. The third-order valence-electron chi connectivity index (χ3n) is 3.70. The summed E-state index contributed by atoms with van der Waals surface area (Å²) < 4.78 is 5.43. The van der Waals surface area contributed by atoms with Gasteiger partial charge in [0.2, 0.25) is 5.91 Å². The molecule has 0 saturated carbocycles. The van der Waals surface area contributed by atoms with Crippen LogP contribution < -0.4 is 10.2 Å². The number of aliphatic hydroxyl groups excluding tert-OH is 1. The zero-order valence-electron chi connectivity index (χ0n) is 11.9.